The summed E-state index contributed by atoms with van der Waals surface area (Å²) in [5.74, 6) is 5.14. The van der Waals surface area contributed by atoms with E-state index in [1.165, 1.54) is 19.3 Å². The molecule has 0 atom stereocenters. The molecule has 2 aliphatic carbocycles. The van der Waals surface area contributed by atoms with Crippen molar-refractivity contribution >= 4 is 28.9 Å². The first-order valence-corrected chi connectivity index (χ1v) is 11.2. The summed E-state index contributed by atoms with van der Waals surface area (Å²) in [4.78, 5) is 34.2. The molecule has 0 aromatic carbocycles. The maximum atomic E-state index is 12.3. The van der Waals surface area contributed by atoms with Gasteiger partial charge in [-0.2, -0.15) is 4.91 Å². The Balaban J connectivity index is 0.000000313. The molecule has 1 amide bonds. The Labute approximate surface area is 176 Å². The Morgan fingerprint density at radius 3 is 2.31 bits per heavy atom. The molecule has 1 aromatic rings. The lowest BCUT2D eigenvalue weighted by Crippen LogP contribution is -2.27. The van der Waals surface area contributed by atoms with Crippen molar-refractivity contribution in [2.75, 3.05) is 5.32 Å². The molecule has 0 saturated heterocycles. The quantitative estimate of drug-likeness (QED) is 0.486. The number of rotatable bonds is 4. The predicted octanol–water partition coefficient (Wildman–Crippen LogP) is 5.67. The van der Waals surface area contributed by atoms with E-state index in [0.29, 0.717) is 16.5 Å². The van der Waals surface area contributed by atoms with Gasteiger partial charge in [-0.25, -0.2) is 4.79 Å². The maximum Gasteiger partial charge on any atom is 0.348 e. The highest BCUT2D eigenvalue weighted by Gasteiger charge is 2.26. The summed E-state index contributed by atoms with van der Waals surface area (Å²) < 4.78 is 0. The maximum absolute atomic E-state index is 12.3. The molecule has 29 heavy (non-hydrogen) atoms. The van der Waals surface area contributed by atoms with Gasteiger partial charge in [0.05, 0.1) is 16.6 Å². The summed E-state index contributed by atoms with van der Waals surface area (Å²) in [7, 11) is 0. The smallest absolute Gasteiger partial charge is 0.348 e. The highest BCUT2D eigenvalue weighted by molar-refractivity contribution is 7.15. The second-order valence-corrected chi connectivity index (χ2v) is 8.93. The van der Waals surface area contributed by atoms with Gasteiger partial charge in [-0.3, -0.25) is 4.79 Å². The van der Waals surface area contributed by atoms with E-state index < -0.39 is 5.97 Å². The molecule has 2 saturated carbocycles. The van der Waals surface area contributed by atoms with Gasteiger partial charge < -0.3 is 10.4 Å². The van der Waals surface area contributed by atoms with Crippen LogP contribution in [0.15, 0.2) is 11.2 Å². The number of carbonyl (C=O) groups is 2. The molecule has 7 heteroatoms. The fourth-order valence-corrected chi connectivity index (χ4v) is 4.63. The third-order valence-electron chi connectivity index (χ3n) is 5.54. The average Bonchev–Trinajstić information content (AvgIpc) is 3.12. The number of aromatic carboxylic acids is 1. The van der Waals surface area contributed by atoms with Crippen LogP contribution in [0.25, 0.3) is 0 Å². The predicted molar refractivity (Wildman–Crippen MR) is 116 cm³/mol. The van der Waals surface area contributed by atoms with Crippen LogP contribution in [-0.4, -0.2) is 23.0 Å². The topological polar surface area (TPSA) is 95.8 Å². The van der Waals surface area contributed by atoms with Crippen molar-refractivity contribution in [2.24, 2.45) is 17.0 Å². The fourth-order valence-electron chi connectivity index (χ4n) is 3.77. The van der Waals surface area contributed by atoms with Crippen molar-refractivity contribution in [3.63, 3.8) is 0 Å². The van der Waals surface area contributed by atoms with Crippen molar-refractivity contribution in [3.05, 3.63) is 20.7 Å². The van der Waals surface area contributed by atoms with Crippen molar-refractivity contribution < 1.29 is 14.7 Å². The number of amides is 1. The van der Waals surface area contributed by atoms with Gasteiger partial charge in [0.15, 0.2) is 0 Å². The summed E-state index contributed by atoms with van der Waals surface area (Å²) in [5.41, 5.74) is 0.369. The normalized spacial score (nSPS) is 21.7. The molecule has 0 radical (unpaired) electrons. The number of hydrogen-bond donors (Lipinski definition) is 2. The number of anilines is 1. The molecule has 1 aromatic heterocycles. The lowest BCUT2D eigenvalue weighted by molar-refractivity contribution is -0.121. The number of hydrogen-bond acceptors (Lipinski definition) is 5. The van der Waals surface area contributed by atoms with Crippen LogP contribution in [0.5, 0.6) is 0 Å². The zero-order chi connectivity index (χ0) is 21.2. The SMILES string of the molecule is CC#Cc1cc(NC(=O)C2CCC(C)CC2)c(C(=O)O)s1.O=NC1CCCCC1. The van der Waals surface area contributed by atoms with Gasteiger partial charge in [0.2, 0.25) is 5.91 Å². The van der Waals surface area contributed by atoms with Gasteiger partial charge in [-0.05, 0) is 57.4 Å². The van der Waals surface area contributed by atoms with E-state index in [2.05, 4.69) is 29.3 Å². The largest absolute Gasteiger partial charge is 0.477 e. The Hall–Kier alpha value is -2.20. The molecule has 2 aliphatic rings. The zero-order valence-corrected chi connectivity index (χ0v) is 18.0. The van der Waals surface area contributed by atoms with Crippen LogP contribution in [0, 0.1) is 28.6 Å². The second kappa shape index (κ2) is 11.7. The summed E-state index contributed by atoms with van der Waals surface area (Å²) in [6, 6.07) is 1.80. The van der Waals surface area contributed by atoms with E-state index in [1.807, 2.05) is 0 Å². The van der Waals surface area contributed by atoms with E-state index in [9.17, 15) is 19.6 Å². The molecule has 0 bridgehead atoms. The number of carboxylic acid groups (broad SMARTS) is 1. The van der Waals surface area contributed by atoms with Crippen LogP contribution in [0.1, 0.15) is 86.2 Å². The summed E-state index contributed by atoms with van der Waals surface area (Å²) in [6.45, 7) is 3.90. The van der Waals surface area contributed by atoms with Crippen LogP contribution in [-0.2, 0) is 4.79 Å². The number of carboxylic acids is 1. The number of nitrogens with zero attached hydrogens (tertiary/aromatic N) is 1. The highest BCUT2D eigenvalue weighted by atomic mass is 32.1. The fraction of sp³-hybridized carbons (Fsp3) is 0.636. The van der Waals surface area contributed by atoms with E-state index in [-0.39, 0.29) is 22.7 Å². The molecule has 2 fully saturated rings. The van der Waals surface area contributed by atoms with E-state index >= 15 is 0 Å². The monoisotopic (exact) mass is 418 g/mol. The van der Waals surface area contributed by atoms with Crippen molar-refractivity contribution in [2.45, 2.75) is 77.7 Å². The van der Waals surface area contributed by atoms with Crippen LogP contribution in [0.4, 0.5) is 5.69 Å². The molecular formula is C22H30N2O4S. The summed E-state index contributed by atoms with van der Waals surface area (Å²) in [5, 5.41) is 15.0. The number of carbonyl (C=O) groups excluding carboxylic acids is 1. The summed E-state index contributed by atoms with van der Waals surface area (Å²) in [6.07, 6.45) is 9.63. The molecule has 2 N–H and O–H groups in total. The third-order valence-corrected chi connectivity index (χ3v) is 6.58. The number of nitrogens with one attached hydrogen (secondary N) is 1. The van der Waals surface area contributed by atoms with Gasteiger partial charge >= 0.3 is 5.97 Å². The lowest BCUT2D eigenvalue weighted by atomic mass is 9.82. The highest BCUT2D eigenvalue weighted by Crippen LogP contribution is 2.31. The minimum absolute atomic E-state index is 0.0107. The first-order valence-electron chi connectivity index (χ1n) is 10.4. The molecular weight excluding hydrogens is 388 g/mol. The lowest BCUT2D eigenvalue weighted by Gasteiger charge is -2.25. The minimum Gasteiger partial charge on any atom is -0.477 e. The summed E-state index contributed by atoms with van der Waals surface area (Å²) >= 11 is 1.09. The van der Waals surface area contributed by atoms with Gasteiger partial charge in [0.1, 0.15) is 4.88 Å². The van der Waals surface area contributed by atoms with E-state index in [4.69, 9.17) is 0 Å². The first kappa shape index (κ1) is 23.1. The van der Waals surface area contributed by atoms with Crippen LogP contribution >= 0.6 is 11.3 Å². The molecule has 1 heterocycles. The second-order valence-electron chi connectivity index (χ2n) is 7.88. The van der Waals surface area contributed by atoms with Gasteiger partial charge in [-0.15, -0.1) is 17.3 Å². The van der Waals surface area contributed by atoms with E-state index in [1.54, 1.807) is 13.0 Å². The van der Waals surface area contributed by atoms with Gasteiger partial charge in [-0.1, -0.05) is 37.3 Å². The number of thiophene rings is 1. The molecule has 158 valence electrons. The molecule has 6 nitrogen and oxygen atoms in total. The molecule has 0 aliphatic heterocycles. The molecule has 3 rings (SSSR count). The third kappa shape index (κ3) is 7.28. The first-order chi connectivity index (χ1) is 13.9. The Kier molecular flexibility index (Phi) is 9.33. The van der Waals surface area contributed by atoms with Crippen molar-refractivity contribution in [1.29, 1.82) is 0 Å². The molecule has 0 spiro atoms. The average molecular weight is 419 g/mol. The van der Waals surface area contributed by atoms with Crippen LogP contribution < -0.4 is 5.32 Å². The standard InChI is InChI=1S/C16H19NO3S.C6H11NO/c1-3-4-12-9-13(14(21-12)16(19)20)17-15(18)11-7-5-10(2)6-8-11;8-7-6-4-2-1-3-5-6/h9-11H,5-8H2,1-2H3,(H,17,18)(H,19,20);6H,1-5H2. The van der Waals surface area contributed by atoms with Crippen LogP contribution in [0.2, 0.25) is 0 Å². The number of nitroso groups, excluding NO2 is 1. The van der Waals surface area contributed by atoms with Gasteiger partial charge in [0, 0.05) is 5.92 Å². The Morgan fingerprint density at radius 2 is 1.79 bits per heavy atom. The van der Waals surface area contributed by atoms with Crippen molar-refractivity contribution in [1.82, 2.24) is 0 Å². The van der Waals surface area contributed by atoms with Gasteiger partial charge in [0.25, 0.3) is 0 Å². The van der Waals surface area contributed by atoms with E-state index in [0.717, 1.165) is 49.9 Å². The Bertz CT molecular complexity index is 764. The Morgan fingerprint density at radius 1 is 1.14 bits per heavy atom. The minimum atomic E-state index is -1.03. The van der Waals surface area contributed by atoms with Crippen molar-refractivity contribution in [3.8, 4) is 11.8 Å². The molecule has 0 unspecified atom stereocenters. The zero-order valence-electron chi connectivity index (χ0n) is 17.2. The van der Waals surface area contributed by atoms with Crippen LogP contribution in [0.3, 0.4) is 0 Å².